The summed E-state index contributed by atoms with van der Waals surface area (Å²) in [6.07, 6.45) is 5.78. The number of nitrogens with one attached hydrogen (secondary N) is 1. The molecule has 138 valence electrons. The Morgan fingerprint density at radius 1 is 1.27 bits per heavy atom. The monoisotopic (exact) mass is 353 g/mol. The third-order valence-corrected chi connectivity index (χ3v) is 4.10. The zero-order valence-electron chi connectivity index (χ0n) is 15.8. The topological polar surface area (TPSA) is 44.8 Å². The molecule has 0 spiro atoms. The predicted molar refractivity (Wildman–Crippen MR) is 106 cm³/mol. The van der Waals surface area contributed by atoms with Gasteiger partial charge < -0.3 is 15.0 Å². The minimum Gasteiger partial charge on any atom is -0.372 e. The van der Waals surface area contributed by atoms with Crippen molar-refractivity contribution in [2.75, 3.05) is 42.9 Å². The summed E-state index contributed by atoms with van der Waals surface area (Å²) < 4.78 is 5.77. The van der Waals surface area contributed by atoms with E-state index in [1.54, 1.807) is 6.92 Å². The molecule has 26 heavy (non-hydrogen) atoms. The highest BCUT2D eigenvalue weighted by Gasteiger charge is 2.22. The van der Waals surface area contributed by atoms with Gasteiger partial charge in [0.2, 0.25) is 5.91 Å². The van der Waals surface area contributed by atoms with Gasteiger partial charge in [-0.25, -0.2) is 0 Å². The Hall–Kier alpha value is -2.47. The van der Waals surface area contributed by atoms with E-state index >= 15 is 0 Å². The number of amides is 1. The largest absolute Gasteiger partial charge is 0.372 e. The highest BCUT2D eigenvalue weighted by atomic mass is 16.5. The number of nitrogens with zero attached hydrogens (tertiary/aromatic N) is 2. The van der Waals surface area contributed by atoms with Crippen LogP contribution in [0.1, 0.15) is 20.8 Å². The van der Waals surface area contributed by atoms with Gasteiger partial charge in [-0.1, -0.05) is 11.8 Å². The Morgan fingerprint density at radius 3 is 2.50 bits per heavy atom. The second-order valence-electron chi connectivity index (χ2n) is 6.53. The van der Waals surface area contributed by atoms with E-state index in [9.17, 15) is 4.79 Å². The molecular formula is C21H27N3O2. The average Bonchev–Trinajstić information content (AvgIpc) is 2.59. The summed E-state index contributed by atoms with van der Waals surface area (Å²) in [7, 11) is 0. The molecule has 5 nitrogen and oxygen atoms in total. The lowest BCUT2D eigenvalue weighted by Gasteiger charge is -2.36. The van der Waals surface area contributed by atoms with Crippen molar-refractivity contribution in [3.8, 4) is 24.2 Å². The molecule has 2 atom stereocenters. The molecule has 1 aromatic rings. The molecule has 1 aromatic carbocycles. The number of morpholine rings is 1. The molecule has 1 saturated heterocycles. The van der Waals surface area contributed by atoms with Gasteiger partial charge in [0.1, 0.15) is 0 Å². The van der Waals surface area contributed by atoms with E-state index in [0.29, 0.717) is 13.1 Å². The number of rotatable bonds is 6. The smallest absolute Gasteiger partial charge is 0.238 e. The number of benzene rings is 1. The van der Waals surface area contributed by atoms with Crippen molar-refractivity contribution in [1.29, 1.82) is 0 Å². The Kier molecular flexibility index (Phi) is 7.53. The fourth-order valence-corrected chi connectivity index (χ4v) is 3.04. The fourth-order valence-electron chi connectivity index (χ4n) is 3.04. The molecule has 0 saturated carbocycles. The molecule has 1 aliphatic rings. The van der Waals surface area contributed by atoms with E-state index in [-0.39, 0.29) is 24.7 Å². The van der Waals surface area contributed by atoms with Gasteiger partial charge in [-0.2, -0.15) is 0 Å². The number of carbonyl (C=O) groups excluding carboxylic acids is 1. The van der Waals surface area contributed by atoms with Crippen molar-refractivity contribution in [2.24, 2.45) is 0 Å². The summed E-state index contributed by atoms with van der Waals surface area (Å²) in [6.45, 7) is 8.79. The molecule has 0 bridgehead atoms. The summed E-state index contributed by atoms with van der Waals surface area (Å²) in [6, 6.07) is 7.91. The lowest BCUT2D eigenvalue weighted by Crippen LogP contribution is -2.45. The second-order valence-corrected chi connectivity index (χ2v) is 6.53. The number of ether oxygens (including phenoxy) is 1. The van der Waals surface area contributed by atoms with Crippen LogP contribution in [0, 0.1) is 24.2 Å². The van der Waals surface area contributed by atoms with Crippen LogP contribution >= 0.6 is 0 Å². The highest BCUT2D eigenvalue weighted by molar-refractivity contribution is 5.92. The van der Waals surface area contributed by atoms with Crippen LogP contribution in [0.25, 0.3) is 0 Å². The van der Waals surface area contributed by atoms with Crippen molar-refractivity contribution < 1.29 is 9.53 Å². The number of terminal acetylenes is 1. The third-order valence-electron chi connectivity index (χ3n) is 4.10. The maximum absolute atomic E-state index is 12.2. The average molecular weight is 353 g/mol. The number of anilines is 2. The van der Waals surface area contributed by atoms with E-state index < -0.39 is 0 Å². The van der Waals surface area contributed by atoms with E-state index in [1.807, 2.05) is 29.2 Å². The van der Waals surface area contributed by atoms with Crippen molar-refractivity contribution in [1.82, 2.24) is 4.90 Å². The fraction of sp³-hybridized carbons (Fsp3) is 0.476. The summed E-state index contributed by atoms with van der Waals surface area (Å²) in [4.78, 5) is 16.4. The molecule has 0 aromatic heterocycles. The van der Waals surface area contributed by atoms with E-state index in [2.05, 4.69) is 41.8 Å². The zero-order valence-corrected chi connectivity index (χ0v) is 15.8. The van der Waals surface area contributed by atoms with Gasteiger partial charge in [-0.15, -0.1) is 12.3 Å². The standard InChI is InChI=1S/C21H27N3O2/c1-5-7-13-23(12-6-2)16-21(25)22-19-8-10-20(11-9-19)24-14-17(3)26-18(4)15-24/h2,8-11,17-18H,12-16H2,1,3-4H3,(H,22,25)/t17-,18+. The Morgan fingerprint density at radius 2 is 1.92 bits per heavy atom. The minimum atomic E-state index is -0.0977. The van der Waals surface area contributed by atoms with Crippen LogP contribution in [0.15, 0.2) is 24.3 Å². The van der Waals surface area contributed by atoms with Gasteiger partial charge >= 0.3 is 0 Å². The molecule has 5 heteroatoms. The predicted octanol–water partition coefficient (Wildman–Crippen LogP) is 2.20. The molecule has 0 unspecified atom stereocenters. The van der Waals surface area contributed by atoms with Crippen molar-refractivity contribution in [3.05, 3.63) is 24.3 Å². The van der Waals surface area contributed by atoms with Gasteiger partial charge in [0.25, 0.3) is 0 Å². The Bertz CT molecular complexity index is 687. The van der Waals surface area contributed by atoms with Crippen LogP contribution in [-0.4, -0.2) is 55.7 Å². The summed E-state index contributed by atoms with van der Waals surface area (Å²) in [5, 5.41) is 2.91. The Balaban J connectivity index is 1.92. The van der Waals surface area contributed by atoms with E-state index in [0.717, 1.165) is 24.5 Å². The Labute approximate surface area is 156 Å². The first-order chi connectivity index (χ1) is 12.5. The molecule has 1 N–H and O–H groups in total. The van der Waals surface area contributed by atoms with E-state index in [1.165, 1.54) is 0 Å². The van der Waals surface area contributed by atoms with Gasteiger partial charge in [-0.05, 0) is 45.0 Å². The third kappa shape index (κ3) is 6.11. The number of carbonyl (C=O) groups is 1. The highest BCUT2D eigenvalue weighted by Crippen LogP contribution is 2.22. The van der Waals surface area contributed by atoms with Crippen LogP contribution in [0.3, 0.4) is 0 Å². The van der Waals surface area contributed by atoms with Crippen molar-refractivity contribution in [2.45, 2.75) is 33.0 Å². The molecule has 1 fully saturated rings. The zero-order chi connectivity index (χ0) is 18.9. The first kappa shape index (κ1) is 19.8. The molecule has 1 heterocycles. The molecule has 0 radical (unpaired) electrons. The molecule has 1 aliphatic heterocycles. The number of hydrogen-bond acceptors (Lipinski definition) is 4. The molecular weight excluding hydrogens is 326 g/mol. The SMILES string of the molecule is C#CCN(CC#CC)CC(=O)Nc1ccc(N2C[C@@H](C)O[C@@H](C)C2)cc1. The van der Waals surface area contributed by atoms with Gasteiger partial charge in [0, 0.05) is 24.5 Å². The molecule has 0 aliphatic carbocycles. The van der Waals surface area contributed by atoms with Crippen LogP contribution < -0.4 is 10.2 Å². The van der Waals surface area contributed by atoms with Crippen LogP contribution in [0.2, 0.25) is 0 Å². The maximum Gasteiger partial charge on any atom is 0.238 e. The first-order valence-corrected chi connectivity index (χ1v) is 8.87. The summed E-state index contributed by atoms with van der Waals surface area (Å²) in [5.74, 6) is 8.22. The normalized spacial score (nSPS) is 19.4. The van der Waals surface area contributed by atoms with Crippen LogP contribution in [0.4, 0.5) is 11.4 Å². The quantitative estimate of drug-likeness (QED) is 0.797. The lowest BCUT2D eigenvalue weighted by molar-refractivity contribution is -0.117. The first-order valence-electron chi connectivity index (χ1n) is 8.87. The van der Waals surface area contributed by atoms with Gasteiger partial charge in [0.15, 0.2) is 0 Å². The minimum absolute atomic E-state index is 0.0977. The second kappa shape index (κ2) is 9.87. The van der Waals surface area contributed by atoms with Crippen LogP contribution in [-0.2, 0) is 9.53 Å². The van der Waals surface area contributed by atoms with Gasteiger partial charge in [-0.3, -0.25) is 9.69 Å². The summed E-state index contributed by atoms with van der Waals surface area (Å²) >= 11 is 0. The summed E-state index contributed by atoms with van der Waals surface area (Å²) in [5.41, 5.74) is 1.91. The molecule has 1 amide bonds. The van der Waals surface area contributed by atoms with Crippen LogP contribution in [0.5, 0.6) is 0 Å². The van der Waals surface area contributed by atoms with Crippen molar-refractivity contribution in [3.63, 3.8) is 0 Å². The lowest BCUT2D eigenvalue weighted by atomic mass is 10.2. The van der Waals surface area contributed by atoms with Gasteiger partial charge in [0.05, 0.1) is 31.8 Å². The van der Waals surface area contributed by atoms with Crippen molar-refractivity contribution >= 4 is 17.3 Å². The number of hydrogen-bond donors (Lipinski definition) is 1. The molecule has 2 rings (SSSR count). The maximum atomic E-state index is 12.2. The van der Waals surface area contributed by atoms with E-state index in [4.69, 9.17) is 11.2 Å².